The number of aliphatic carboxylic acids is 1. The van der Waals surface area contributed by atoms with E-state index in [9.17, 15) is 4.79 Å². The van der Waals surface area contributed by atoms with Crippen molar-refractivity contribution in [3.63, 3.8) is 0 Å². The lowest BCUT2D eigenvalue weighted by atomic mass is 9.91. The van der Waals surface area contributed by atoms with Crippen molar-refractivity contribution in [2.24, 2.45) is 5.73 Å². The highest BCUT2D eigenvalue weighted by Gasteiger charge is 2.20. The lowest BCUT2D eigenvalue weighted by Crippen LogP contribution is -2.17. The first-order chi connectivity index (χ1) is 7.06. The fourth-order valence-corrected chi connectivity index (χ4v) is 1.71. The molecule has 0 aliphatic rings. The topological polar surface area (TPSA) is 63.3 Å². The Hall–Kier alpha value is -1.35. The second-order valence-corrected chi connectivity index (χ2v) is 3.83. The molecule has 0 spiro atoms. The predicted molar refractivity (Wildman–Crippen MR) is 60.0 cm³/mol. The van der Waals surface area contributed by atoms with E-state index in [-0.39, 0.29) is 0 Å². The maximum absolute atomic E-state index is 11.1. The average Bonchev–Trinajstić information content (AvgIpc) is 2.18. The zero-order valence-electron chi connectivity index (χ0n) is 9.16. The second kappa shape index (κ2) is 4.94. The molecule has 0 saturated heterocycles. The van der Waals surface area contributed by atoms with Gasteiger partial charge >= 0.3 is 5.97 Å². The van der Waals surface area contributed by atoms with Gasteiger partial charge in [0.1, 0.15) is 0 Å². The number of aryl methyl sites for hydroxylation is 2. The van der Waals surface area contributed by atoms with Gasteiger partial charge in [-0.15, -0.1) is 0 Å². The van der Waals surface area contributed by atoms with E-state index in [0.29, 0.717) is 13.0 Å². The number of nitrogens with two attached hydrogens (primary N) is 1. The first-order valence-corrected chi connectivity index (χ1v) is 5.06. The van der Waals surface area contributed by atoms with Gasteiger partial charge in [-0.25, -0.2) is 0 Å². The molecule has 0 bridgehead atoms. The van der Waals surface area contributed by atoms with Crippen LogP contribution in [0.2, 0.25) is 0 Å². The van der Waals surface area contributed by atoms with Gasteiger partial charge in [-0.2, -0.15) is 0 Å². The van der Waals surface area contributed by atoms with Crippen LogP contribution < -0.4 is 5.73 Å². The van der Waals surface area contributed by atoms with Crippen LogP contribution in [0.25, 0.3) is 0 Å². The van der Waals surface area contributed by atoms with Crippen molar-refractivity contribution in [2.75, 3.05) is 6.54 Å². The minimum absolute atomic E-state index is 0.393. The Morgan fingerprint density at radius 1 is 1.47 bits per heavy atom. The van der Waals surface area contributed by atoms with E-state index in [1.165, 1.54) is 0 Å². The molecule has 15 heavy (non-hydrogen) atoms. The maximum atomic E-state index is 11.1. The summed E-state index contributed by atoms with van der Waals surface area (Å²) in [5, 5.41) is 9.12. The first-order valence-electron chi connectivity index (χ1n) is 5.06. The summed E-state index contributed by atoms with van der Waals surface area (Å²) < 4.78 is 0. The molecule has 0 aliphatic heterocycles. The summed E-state index contributed by atoms with van der Waals surface area (Å²) in [4.78, 5) is 11.1. The summed E-state index contributed by atoms with van der Waals surface area (Å²) in [6.45, 7) is 4.29. The molecular weight excluding hydrogens is 190 g/mol. The van der Waals surface area contributed by atoms with Crippen molar-refractivity contribution in [1.29, 1.82) is 0 Å². The lowest BCUT2D eigenvalue weighted by molar-refractivity contribution is -0.138. The molecule has 3 nitrogen and oxygen atoms in total. The number of rotatable bonds is 4. The molecule has 0 aromatic heterocycles. The molecule has 3 N–H and O–H groups in total. The van der Waals surface area contributed by atoms with Crippen LogP contribution >= 0.6 is 0 Å². The van der Waals surface area contributed by atoms with Crippen LogP contribution in [0.1, 0.15) is 29.0 Å². The van der Waals surface area contributed by atoms with Crippen molar-refractivity contribution in [1.82, 2.24) is 0 Å². The third-order valence-corrected chi connectivity index (χ3v) is 2.56. The van der Waals surface area contributed by atoms with Gasteiger partial charge in [0.2, 0.25) is 0 Å². The van der Waals surface area contributed by atoms with E-state index in [4.69, 9.17) is 10.8 Å². The Kier molecular flexibility index (Phi) is 3.86. The predicted octanol–water partition coefficient (Wildman–Crippen LogP) is 1.82. The fraction of sp³-hybridized carbons (Fsp3) is 0.417. The highest BCUT2D eigenvalue weighted by molar-refractivity contribution is 5.76. The van der Waals surface area contributed by atoms with E-state index in [1.807, 2.05) is 32.0 Å². The van der Waals surface area contributed by atoms with Crippen LogP contribution in [-0.4, -0.2) is 17.6 Å². The summed E-state index contributed by atoms with van der Waals surface area (Å²) >= 11 is 0. The molecule has 0 fully saturated rings. The average molecular weight is 207 g/mol. The summed E-state index contributed by atoms with van der Waals surface area (Å²) in [5.41, 5.74) is 8.41. The molecule has 82 valence electrons. The number of carboxylic acid groups (broad SMARTS) is 1. The summed E-state index contributed by atoms with van der Waals surface area (Å²) in [6.07, 6.45) is 0.486. The maximum Gasteiger partial charge on any atom is 0.311 e. The first kappa shape index (κ1) is 11.7. The molecule has 1 unspecified atom stereocenters. The molecule has 0 amide bonds. The van der Waals surface area contributed by atoms with Gasteiger partial charge in [-0.3, -0.25) is 4.79 Å². The highest BCUT2D eigenvalue weighted by Crippen LogP contribution is 2.24. The normalized spacial score (nSPS) is 12.5. The molecule has 0 saturated carbocycles. The van der Waals surface area contributed by atoms with E-state index in [1.54, 1.807) is 0 Å². The fourth-order valence-electron chi connectivity index (χ4n) is 1.71. The molecule has 0 radical (unpaired) electrons. The van der Waals surface area contributed by atoms with Crippen molar-refractivity contribution in [2.45, 2.75) is 26.2 Å². The second-order valence-electron chi connectivity index (χ2n) is 3.83. The lowest BCUT2D eigenvalue weighted by Gasteiger charge is -2.15. The van der Waals surface area contributed by atoms with Crippen LogP contribution in [0.5, 0.6) is 0 Å². The molecule has 1 rings (SSSR count). The van der Waals surface area contributed by atoms with Gasteiger partial charge in [-0.05, 0) is 37.9 Å². The Labute approximate surface area is 89.9 Å². The summed E-state index contributed by atoms with van der Waals surface area (Å²) in [5.74, 6) is -1.27. The van der Waals surface area contributed by atoms with Gasteiger partial charge in [-0.1, -0.05) is 23.8 Å². The van der Waals surface area contributed by atoms with Crippen LogP contribution in [0.15, 0.2) is 18.2 Å². The van der Waals surface area contributed by atoms with Crippen LogP contribution in [-0.2, 0) is 4.79 Å². The molecule has 1 aromatic carbocycles. The van der Waals surface area contributed by atoms with Crippen LogP contribution in [0.4, 0.5) is 0 Å². The summed E-state index contributed by atoms with van der Waals surface area (Å²) in [7, 11) is 0. The van der Waals surface area contributed by atoms with E-state index < -0.39 is 11.9 Å². The van der Waals surface area contributed by atoms with Crippen molar-refractivity contribution < 1.29 is 9.90 Å². The zero-order valence-corrected chi connectivity index (χ0v) is 9.16. The molecule has 1 aromatic rings. The van der Waals surface area contributed by atoms with Gasteiger partial charge < -0.3 is 10.8 Å². The SMILES string of the molecule is Cc1ccc(C)c(C(CCN)C(=O)O)c1. The van der Waals surface area contributed by atoms with E-state index >= 15 is 0 Å². The number of hydrogen-bond donors (Lipinski definition) is 2. The highest BCUT2D eigenvalue weighted by atomic mass is 16.4. The van der Waals surface area contributed by atoms with Gasteiger partial charge in [0.05, 0.1) is 5.92 Å². The largest absolute Gasteiger partial charge is 0.481 e. The molecule has 3 heteroatoms. The minimum atomic E-state index is -0.797. The third kappa shape index (κ3) is 2.80. The summed E-state index contributed by atoms with van der Waals surface area (Å²) in [6, 6.07) is 5.88. The number of hydrogen-bond acceptors (Lipinski definition) is 2. The van der Waals surface area contributed by atoms with Crippen molar-refractivity contribution in [3.8, 4) is 0 Å². The van der Waals surface area contributed by atoms with Crippen molar-refractivity contribution in [3.05, 3.63) is 34.9 Å². The van der Waals surface area contributed by atoms with Gasteiger partial charge in [0, 0.05) is 0 Å². The van der Waals surface area contributed by atoms with Gasteiger partial charge in [0.15, 0.2) is 0 Å². The Bertz CT molecular complexity index is 361. The van der Waals surface area contributed by atoms with Crippen molar-refractivity contribution >= 4 is 5.97 Å². The quantitative estimate of drug-likeness (QED) is 0.791. The Balaban J connectivity index is 3.09. The molecule has 0 heterocycles. The number of carboxylic acids is 1. The van der Waals surface area contributed by atoms with E-state index in [2.05, 4.69) is 0 Å². The standard InChI is InChI=1S/C12H17NO2/c1-8-3-4-9(2)11(7-8)10(5-6-13)12(14)15/h3-4,7,10H,5-6,13H2,1-2H3,(H,14,15). The Morgan fingerprint density at radius 2 is 2.13 bits per heavy atom. The monoisotopic (exact) mass is 207 g/mol. The van der Waals surface area contributed by atoms with Crippen LogP contribution in [0.3, 0.4) is 0 Å². The van der Waals surface area contributed by atoms with E-state index in [0.717, 1.165) is 16.7 Å². The smallest absolute Gasteiger partial charge is 0.311 e. The van der Waals surface area contributed by atoms with Gasteiger partial charge in [0.25, 0.3) is 0 Å². The number of benzene rings is 1. The number of carbonyl (C=O) groups is 1. The molecule has 0 aliphatic carbocycles. The molecule has 1 atom stereocenters. The molecular formula is C12H17NO2. The van der Waals surface area contributed by atoms with Crippen LogP contribution in [0, 0.1) is 13.8 Å². The minimum Gasteiger partial charge on any atom is -0.481 e. The zero-order chi connectivity index (χ0) is 11.4. The Morgan fingerprint density at radius 3 is 2.67 bits per heavy atom. The third-order valence-electron chi connectivity index (χ3n) is 2.56.